The first kappa shape index (κ1) is 14.5. The minimum atomic E-state index is -0.195. The molecule has 0 fully saturated rings. The molecule has 4 rings (SSSR count). The first-order chi connectivity index (χ1) is 11.5. The quantitative estimate of drug-likeness (QED) is 0.685. The molecule has 1 aliphatic heterocycles. The van der Waals surface area contributed by atoms with E-state index in [2.05, 4.69) is 25.1 Å². The summed E-state index contributed by atoms with van der Waals surface area (Å²) >= 11 is 0. The van der Waals surface area contributed by atoms with Crippen LogP contribution in [0.25, 0.3) is 5.78 Å². The average molecular weight is 324 g/mol. The van der Waals surface area contributed by atoms with Crippen LogP contribution in [0.15, 0.2) is 12.3 Å². The molecule has 4 heterocycles. The van der Waals surface area contributed by atoms with Crippen LogP contribution in [0.2, 0.25) is 0 Å². The predicted octanol–water partition coefficient (Wildman–Crippen LogP) is 0.312. The smallest absolute Gasteiger partial charge is 0.292 e. The van der Waals surface area contributed by atoms with E-state index in [0.29, 0.717) is 25.3 Å². The monoisotopic (exact) mass is 324 g/mol. The normalized spacial score (nSPS) is 14.0. The van der Waals surface area contributed by atoms with Crippen LogP contribution in [0.3, 0.4) is 0 Å². The molecule has 2 N–H and O–H groups in total. The van der Waals surface area contributed by atoms with Crippen molar-refractivity contribution < 1.29 is 4.79 Å². The van der Waals surface area contributed by atoms with Gasteiger partial charge in [0.05, 0.1) is 12.2 Å². The van der Waals surface area contributed by atoms with Crippen molar-refractivity contribution in [1.82, 2.24) is 34.4 Å². The third-order valence-corrected chi connectivity index (χ3v) is 4.14. The van der Waals surface area contributed by atoms with Crippen LogP contribution >= 0.6 is 0 Å². The SMILES string of the molecule is Cc1cc(C)n2c(C(=O)N3CCc4cnc(N)nc4C3)nnc2n1. The lowest BCUT2D eigenvalue weighted by molar-refractivity contribution is 0.0717. The average Bonchev–Trinajstić information content (AvgIpc) is 2.97. The van der Waals surface area contributed by atoms with E-state index in [-0.39, 0.29) is 17.7 Å². The lowest BCUT2D eigenvalue weighted by atomic mass is 10.1. The number of hydrogen-bond acceptors (Lipinski definition) is 7. The summed E-state index contributed by atoms with van der Waals surface area (Å²) in [5, 5.41) is 8.07. The lowest BCUT2D eigenvalue weighted by Crippen LogP contribution is -2.37. The first-order valence-corrected chi connectivity index (χ1v) is 7.62. The van der Waals surface area contributed by atoms with Gasteiger partial charge in [-0.15, -0.1) is 10.2 Å². The zero-order chi connectivity index (χ0) is 16.8. The summed E-state index contributed by atoms with van der Waals surface area (Å²) in [7, 11) is 0. The van der Waals surface area contributed by atoms with Gasteiger partial charge in [-0.25, -0.2) is 15.0 Å². The molecule has 0 bridgehead atoms. The molecule has 3 aromatic heterocycles. The van der Waals surface area contributed by atoms with E-state index >= 15 is 0 Å². The summed E-state index contributed by atoms with van der Waals surface area (Å²) in [4.78, 5) is 27.2. The van der Waals surface area contributed by atoms with Gasteiger partial charge in [-0.2, -0.15) is 0 Å². The summed E-state index contributed by atoms with van der Waals surface area (Å²) in [6.45, 7) is 4.75. The van der Waals surface area contributed by atoms with Gasteiger partial charge in [0.25, 0.3) is 11.7 Å². The van der Waals surface area contributed by atoms with E-state index in [0.717, 1.165) is 22.6 Å². The first-order valence-electron chi connectivity index (χ1n) is 7.62. The van der Waals surface area contributed by atoms with Crippen molar-refractivity contribution in [2.75, 3.05) is 12.3 Å². The van der Waals surface area contributed by atoms with Gasteiger partial charge in [-0.05, 0) is 31.9 Å². The Morgan fingerprint density at radius 1 is 1.25 bits per heavy atom. The third kappa shape index (κ3) is 2.25. The second-order valence-electron chi connectivity index (χ2n) is 5.87. The number of nitrogen functional groups attached to an aromatic ring is 1. The van der Waals surface area contributed by atoms with Crippen LogP contribution in [-0.2, 0) is 13.0 Å². The van der Waals surface area contributed by atoms with Gasteiger partial charge in [0.1, 0.15) is 0 Å². The van der Waals surface area contributed by atoms with Crippen molar-refractivity contribution in [3.8, 4) is 0 Å². The fourth-order valence-electron chi connectivity index (χ4n) is 3.00. The molecular weight excluding hydrogens is 308 g/mol. The van der Waals surface area contributed by atoms with E-state index in [1.54, 1.807) is 15.5 Å². The Labute approximate surface area is 137 Å². The molecule has 24 heavy (non-hydrogen) atoms. The number of fused-ring (bicyclic) bond motifs is 2. The number of nitrogens with two attached hydrogens (primary N) is 1. The minimum Gasteiger partial charge on any atom is -0.368 e. The molecule has 1 amide bonds. The van der Waals surface area contributed by atoms with Gasteiger partial charge in [0.15, 0.2) is 0 Å². The van der Waals surface area contributed by atoms with Crippen molar-refractivity contribution in [3.63, 3.8) is 0 Å². The van der Waals surface area contributed by atoms with Crippen LogP contribution in [0.4, 0.5) is 5.95 Å². The molecule has 9 nitrogen and oxygen atoms in total. The van der Waals surface area contributed by atoms with Crippen molar-refractivity contribution in [3.05, 3.63) is 40.7 Å². The maximum atomic E-state index is 12.9. The number of amides is 1. The van der Waals surface area contributed by atoms with Crippen molar-refractivity contribution >= 4 is 17.6 Å². The number of anilines is 1. The van der Waals surface area contributed by atoms with Crippen molar-refractivity contribution in [2.24, 2.45) is 0 Å². The van der Waals surface area contributed by atoms with E-state index in [1.165, 1.54) is 0 Å². The highest BCUT2D eigenvalue weighted by Crippen LogP contribution is 2.19. The Bertz CT molecular complexity index is 964. The van der Waals surface area contributed by atoms with Crippen LogP contribution in [-0.4, -0.2) is 46.9 Å². The Morgan fingerprint density at radius 2 is 2.08 bits per heavy atom. The Hall–Kier alpha value is -3.10. The van der Waals surface area contributed by atoms with Crippen LogP contribution < -0.4 is 5.73 Å². The second-order valence-corrected chi connectivity index (χ2v) is 5.87. The van der Waals surface area contributed by atoms with Crippen LogP contribution in [0.1, 0.15) is 33.3 Å². The number of aromatic nitrogens is 6. The number of aryl methyl sites for hydroxylation is 2. The van der Waals surface area contributed by atoms with Crippen molar-refractivity contribution in [2.45, 2.75) is 26.8 Å². The number of carbonyl (C=O) groups is 1. The zero-order valence-electron chi connectivity index (χ0n) is 13.4. The Balaban J connectivity index is 1.70. The Morgan fingerprint density at radius 3 is 2.92 bits per heavy atom. The van der Waals surface area contributed by atoms with Gasteiger partial charge >= 0.3 is 0 Å². The number of carbonyl (C=O) groups excluding carboxylic acids is 1. The lowest BCUT2D eigenvalue weighted by Gasteiger charge is -2.27. The predicted molar refractivity (Wildman–Crippen MR) is 85.1 cm³/mol. The minimum absolute atomic E-state index is 0.195. The molecule has 9 heteroatoms. The summed E-state index contributed by atoms with van der Waals surface area (Å²) in [6, 6.07) is 1.90. The topological polar surface area (TPSA) is 115 Å². The van der Waals surface area contributed by atoms with Crippen molar-refractivity contribution in [1.29, 1.82) is 0 Å². The van der Waals surface area contributed by atoms with E-state index in [1.807, 2.05) is 19.9 Å². The maximum absolute atomic E-state index is 12.9. The fourth-order valence-corrected chi connectivity index (χ4v) is 3.00. The van der Waals surface area contributed by atoms with E-state index in [4.69, 9.17) is 5.73 Å². The number of rotatable bonds is 1. The molecule has 0 unspecified atom stereocenters. The molecule has 0 aromatic carbocycles. The zero-order valence-corrected chi connectivity index (χ0v) is 13.4. The molecule has 0 aliphatic carbocycles. The standard InChI is InChI=1S/C15H16N8O/c1-8-5-9(2)23-12(20-21-15(23)18-8)13(24)22-4-3-10-6-17-14(16)19-11(10)7-22/h5-6H,3-4,7H2,1-2H3,(H2,16,17,19). The van der Waals surface area contributed by atoms with Crippen LogP contribution in [0.5, 0.6) is 0 Å². The molecule has 0 spiro atoms. The highest BCUT2D eigenvalue weighted by molar-refractivity contribution is 5.91. The Kier molecular flexibility index (Phi) is 3.15. The maximum Gasteiger partial charge on any atom is 0.292 e. The molecule has 0 atom stereocenters. The molecule has 122 valence electrons. The molecule has 0 saturated heterocycles. The van der Waals surface area contributed by atoms with E-state index < -0.39 is 0 Å². The summed E-state index contributed by atoms with van der Waals surface area (Å²) < 4.78 is 1.68. The molecule has 0 saturated carbocycles. The molecule has 0 radical (unpaired) electrons. The van der Waals surface area contributed by atoms with E-state index in [9.17, 15) is 4.79 Å². The van der Waals surface area contributed by atoms with Gasteiger partial charge in [0, 0.05) is 24.1 Å². The number of nitrogens with zero attached hydrogens (tertiary/aromatic N) is 7. The summed E-state index contributed by atoms with van der Waals surface area (Å²) in [5.74, 6) is 0.714. The van der Waals surface area contributed by atoms with Gasteiger partial charge < -0.3 is 10.6 Å². The van der Waals surface area contributed by atoms with Gasteiger partial charge in [0.2, 0.25) is 11.8 Å². The molecule has 3 aromatic rings. The highest BCUT2D eigenvalue weighted by Gasteiger charge is 2.27. The molecular formula is C15H16N8O. The molecule has 1 aliphatic rings. The third-order valence-electron chi connectivity index (χ3n) is 4.14. The summed E-state index contributed by atoms with van der Waals surface area (Å²) in [6.07, 6.45) is 2.41. The second kappa shape index (κ2) is 5.22. The van der Waals surface area contributed by atoms with Gasteiger partial charge in [-0.3, -0.25) is 9.20 Å². The largest absolute Gasteiger partial charge is 0.368 e. The van der Waals surface area contributed by atoms with Gasteiger partial charge in [-0.1, -0.05) is 0 Å². The number of hydrogen-bond donors (Lipinski definition) is 1. The fraction of sp³-hybridized carbons (Fsp3) is 0.333. The highest BCUT2D eigenvalue weighted by atomic mass is 16.2. The van der Waals surface area contributed by atoms with Crippen LogP contribution in [0, 0.1) is 13.8 Å². The summed E-state index contributed by atoms with van der Waals surface area (Å²) in [5.41, 5.74) is 9.16.